The highest BCUT2D eigenvalue weighted by atomic mass is 16.3. The highest BCUT2D eigenvalue weighted by molar-refractivity contribution is 5.99. The van der Waals surface area contributed by atoms with Crippen LogP contribution in [0.1, 0.15) is 55.6 Å². The van der Waals surface area contributed by atoms with Gasteiger partial charge in [-0.3, -0.25) is 4.79 Å². The molecule has 1 aliphatic carbocycles. The van der Waals surface area contributed by atoms with E-state index in [-0.39, 0.29) is 11.7 Å². The summed E-state index contributed by atoms with van der Waals surface area (Å²) in [6.45, 7) is 6.63. The van der Waals surface area contributed by atoms with Crippen molar-refractivity contribution in [3.05, 3.63) is 35.6 Å². The number of benzene rings is 1. The molecule has 0 saturated heterocycles. The molecule has 0 aliphatic heterocycles. The Morgan fingerprint density at radius 3 is 2.52 bits per heavy atom. The van der Waals surface area contributed by atoms with E-state index >= 15 is 0 Å². The number of hydrogen-bond donors (Lipinski definition) is 0. The van der Waals surface area contributed by atoms with Gasteiger partial charge in [0.2, 0.25) is 5.78 Å². The highest BCUT2D eigenvalue weighted by Gasteiger charge is 2.29. The van der Waals surface area contributed by atoms with Gasteiger partial charge in [-0.2, -0.15) is 0 Å². The Bertz CT molecular complexity index is 643. The van der Waals surface area contributed by atoms with E-state index in [2.05, 4.69) is 26.8 Å². The molecule has 0 unspecified atom stereocenters. The summed E-state index contributed by atoms with van der Waals surface area (Å²) in [4.78, 5) is 12.6. The second-order valence-corrected chi connectivity index (χ2v) is 6.87. The van der Waals surface area contributed by atoms with Crippen LogP contribution >= 0.6 is 0 Å². The maximum absolute atomic E-state index is 12.6. The molecule has 1 heterocycles. The van der Waals surface area contributed by atoms with Gasteiger partial charge in [-0.05, 0) is 62.6 Å². The zero-order valence-electron chi connectivity index (χ0n) is 13.2. The first-order valence-corrected chi connectivity index (χ1v) is 8.09. The van der Waals surface area contributed by atoms with Crippen molar-refractivity contribution in [2.24, 2.45) is 17.8 Å². The molecule has 2 aromatic rings. The monoisotopic (exact) mass is 284 g/mol. The zero-order chi connectivity index (χ0) is 15.0. The molecule has 0 radical (unpaired) electrons. The van der Waals surface area contributed by atoms with Crippen molar-refractivity contribution >= 4 is 16.8 Å². The number of ketones is 1. The predicted molar refractivity (Wildman–Crippen MR) is 85.6 cm³/mol. The molecule has 3 rings (SSSR count). The molecule has 0 spiro atoms. The fourth-order valence-electron chi connectivity index (χ4n) is 3.53. The minimum atomic E-state index is 0.154. The van der Waals surface area contributed by atoms with Crippen LogP contribution in [0, 0.1) is 24.7 Å². The van der Waals surface area contributed by atoms with Crippen molar-refractivity contribution in [2.45, 2.75) is 46.5 Å². The molecular formula is C19H24O2. The maximum atomic E-state index is 12.6. The van der Waals surface area contributed by atoms with Gasteiger partial charge >= 0.3 is 0 Å². The number of Topliss-reactive ketones (excluding diaryl/α,β-unsaturated/α-hetero) is 1. The quantitative estimate of drug-likeness (QED) is 0.708. The van der Waals surface area contributed by atoms with Gasteiger partial charge < -0.3 is 4.42 Å². The summed E-state index contributed by atoms with van der Waals surface area (Å²) >= 11 is 0. The lowest BCUT2D eigenvalue weighted by molar-refractivity contribution is 0.0832. The van der Waals surface area contributed by atoms with Crippen molar-refractivity contribution < 1.29 is 9.21 Å². The molecule has 1 fully saturated rings. The third-order valence-corrected chi connectivity index (χ3v) is 5.00. The molecule has 1 aliphatic rings. The van der Waals surface area contributed by atoms with Crippen LogP contribution < -0.4 is 0 Å². The Morgan fingerprint density at radius 2 is 1.86 bits per heavy atom. The van der Waals surface area contributed by atoms with E-state index in [1.807, 2.05) is 18.2 Å². The second-order valence-electron chi connectivity index (χ2n) is 6.87. The van der Waals surface area contributed by atoms with Gasteiger partial charge in [0.05, 0.1) is 0 Å². The number of hydrogen-bond acceptors (Lipinski definition) is 2. The minimum absolute atomic E-state index is 0.154. The second kappa shape index (κ2) is 5.67. The topological polar surface area (TPSA) is 30.2 Å². The third-order valence-electron chi connectivity index (χ3n) is 5.00. The standard InChI is InChI=1S/C19H24O2/c1-12(2)14-5-7-15(8-6-14)19(20)18-11-16-10-13(3)4-9-17(16)21-18/h4,9-12,14-15H,5-8H2,1-3H3. The van der Waals surface area contributed by atoms with E-state index in [9.17, 15) is 4.79 Å². The molecule has 1 aromatic heterocycles. The molecule has 0 amide bonds. The number of aryl methyl sites for hydroxylation is 1. The summed E-state index contributed by atoms with van der Waals surface area (Å²) < 4.78 is 5.76. The molecule has 0 N–H and O–H groups in total. The van der Waals surface area contributed by atoms with Gasteiger partial charge in [-0.25, -0.2) is 0 Å². The largest absolute Gasteiger partial charge is 0.453 e. The smallest absolute Gasteiger partial charge is 0.201 e. The number of furan rings is 1. The fourth-order valence-corrected chi connectivity index (χ4v) is 3.53. The van der Waals surface area contributed by atoms with E-state index in [0.29, 0.717) is 5.76 Å². The van der Waals surface area contributed by atoms with Crippen LogP contribution in [0.2, 0.25) is 0 Å². The van der Waals surface area contributed by atoms with Crippen LogP contribution in [0.25, 0.3) is 11.0 Å². The van der Waals surface area contributed by atoms with Crippen molar-refractivity contribution in [3.8, 4) is 0 Å². The first kappa shape index (κ1) is 14.4. The van der Waals surface area contributed by atoms with Crippen molar-refractivity contribution in [3.63, 3.8) is 0 Å². The van der Waals surface area contributed by atoms with Gasteiger partial charge in [0.25, 0.3) is 0 Å². The molecule has 0 atom stereocenters. The van der Waals surface area contributed by atoms with Gasteiger partial charge in [-0.1, -0.05) is 25.5 Å². The molecule has 0 bridgehead atoms. The molecule has 112 valence electrons. The van der Waals surface area contributed by atoms with Crippen LogP contribution in [-0.4, -0.2) is 5.78 Å². The van der Waals surface area contributed by atoms with Crippen molar-refractivity contribution in [1.82, 2.24) is 0 Å². The zero-order valence-corrected chi connectivity index (χ0v) is 13.2. The lowest BCUT2D eigenvalue weighted by atomic mass is 9.75. The van der Waals surface area contributed by atoms with E-state index in [1.165, 1.54) is 18.4 Å². The number of rotatable bonds is 3. The Balaban J connectivity index is 1.75. The maximum Gasteiger partial charge on any atom is 0.201 e. The van der Waals surface area contributed by atoms with Crippen LogP contribution in [0.5, 0.6) is 0 Å². The Morgan fingerprint density at radius 1 is 1.14 bits per heavy atom. The normalized spacial score (nSPS) is 22.9. The van der Waals surface area contributed by atoms with Crippen molar-refractivity contribution in [2.75, 3.05) is 0 Å². The summed E-state index contributed by atoms with van der Waals surface area (Å²) in [6, 6.07) is 7.97. The summed E-state index contributed by atoms with van der Waals surface area (Å²) in [7, 11) is 0. The van der Waals surface area contributed by atoms with Gasteiger partial charge in [-0.15, -0.1) is 0 Å². The fraction of sp³-hybridized carbons (Fsp3) is 0.526. The highest BCUT2D eigenvalue weighted by Crippen LogP contribution is 2.35. The van der Waals surface area contributed by atoms with Crippen LogP contribution in [0.4, 0.5) is 0 Å². The van der Waals surface area contributed by atoms with Crippen LogP contribution in [-0.2, 0) is 0 Å². The first-order valence-electron chi connectivity index (χ1n) is 8.09. The van der Waals surface area contributed by atoms with Crippen molar-refractivity contribution in [1.29, 1.82) is 0 Å². The van der Waals surface area contributed by atoms with Gasteiger partial charge in [0, 0.05) is 11.3 Å². The Hall–Kier alpha value is -1.57. The molecular weight excluding hydrogens is 260 g/mol. The van der Waals surface area contributed by atoms with E-state index in [0.717, 1.165) is 35.6 Å². The van der Waals surface area contributed by atoms with Gasteiger partial charge in [0.1, 0.15) is 5.58 Å². The first-order chi connectivity index (χ1) is 10.0. The lowest BCUT2D eigenvalue weighted by Gasteiger charge is -2.29. The summed E-state index contributed by atoms with van der Waals surface area (Å²) in [5.41, 5.74) is 2.01. The average molecular weight is 284 g/mol. The lowest BCUT2D eigenvalue weighted by Crippen LogP contribution is -2.24. The Labute approximate surface area is 126 Å². The predicted octanol–water partition coefficient (Wildman–Crippen LogP) is 5.39. The van der Waals surface area contributed by atoms with Crippen LogP contribution in [0.15, 0.2) is 28.7 Å². The third kappa shape index (κ3) is 2.90. The number of carbonyl (C=O) groups is 1. The average Bonchev–Trinajstić information content (AvgIpc) is 2.89. The minimum Gasteiger partial charge on any atom is -0.453 e. The summed E-state index contributed by atoms with van der Waals surface area (Å²) in [6.07, 6.45) is 4.37. The summed E-state index contributed by atoms with van der Waals surface area (Å²) in [5, 5.41) is 1.04. The Kier molecular flexibility index (Phi) is 3.88. The number of fused-ring (bicyclic) bond motifs is 1. The molecule has 1 aromatic carbocycles. The van der Waals surface area contributed by atoms with Gasteiger partial charge in [0.15, 0.2) is 5.76 Å². The van der Waals surface area contributed by atoms with Crippen LogP contribution in [0.3, 0.4) is 0 Å². The molecule has 2 heteroatoms. The summed E-state index contributed by atoms with van der Waals surface area (Å²) in [5.74, 6) is 2.42. The van der Waals surface area contributed by atoms with E-state index in [1.54, 1.807) is 0 Å². The molecule has 2 nitrogen and oxygen atoms in total. The molecule has 1 saturated carbocycles. The SMILES string of the molecule is Cc1ccc2oc(C(=O)C3CCC(C(C)C)CC3)cc2c1. The van der Waals surface area contributed by atoms with E-state index in [4.69, 9.17) is 4.42 Å². The molecule has 21 heavy (non-hydrogen) atoms. The number of carbonyl (C=O) groups excluding carboxylic acids is 1. The van der Waals surface area contributed by atoms with E-state index < -0.39 is 0 Å².